The van der Waals surface area contributed by atoms with Crippen molar-refractivity contribution in [2.45, 2.75) is 39.4 Å². The van der Waals surface area contributed by atoms with Gasteiger partial charge in [0.1, 0.15) is 11.6 Å². The first-order valence-electron chi connectivity index (χ1n) is 6.43. The fraction of sp³-hybridized carbons (Fsp3) is 0.833. The van der Waals surface area contributed by atoms with Crippen LogP contribution in [0.5, 0.6) is 0 Å². The zero-order valence-corrected chi connectivity index (χ0v) is 10.6. The number of carbonyl (C=O) groups excluding carboxylic acids is 2. The lowest BCUT2D eigenvalue weighted by Gasteiger charge is -2.38. The molecule has 4 nitrogen and oxygen atoms in total. The van der Waals surface area contributed by atoms with Gasteiger partial charge in [0, 0.05) is 5.41 Å². The summed E-state index contributed by atoms with van der Waals surface area (Å²) in [6.07, 6.45) is 3.16. The predicted molar refractivity (Wildman–Crippen MR) is 65.5 cm³/mol. The van der Waals surface area contributed by atoms with Gasteiger partial charge in [0.15, 0.2) is 0 Å². The number of Topliss-reactive ketones (excluding diaryl/α,β-unsaturated/α-hetero) is 2. The van der Waals surface area contributed by atoms with Crippen molar-refractivity contribution in [1.82, 2.24) is 4.81 Å². The summed E-state index contributed by atoms with van der Waals surface area (Å²) in [6, 6.07) is 0. The third kappa shape index (κ3) is 2.18. The summed E-state index contributed by atoms with van der Waals surface area (Å²) < 4.78 is 0. The van der Waals surface area contributed by atoms with Gasteiger partial charge in [0.25, 0.3) is 0 Å². The zero-order valence-electron chi connectivity index (χ0n) is 10.6. The van der Waals surface area contributed by atoms with Gasteiger partial charge in [-0.25, -0.2) is 0 Å². The van der Waals surface area contributed by atoms with Gasteiger partial charge in [-0.05, 0) is 52.5 Å². The van der Waals surface area contributed by atoms with Crippen molar-refractivity contribution in [3.05, 3.63) is 0 Å². The molecule has 1 N–H and O–H groups in total. The van der Waals surface area contributed by atoms with Crippen molar-refractivity contribution in [3.63, 3.8) is 0 Å². The van der Waals surface area contributed by atoms with E-state index in [-0.39, 0.29) is 22.9 Å². The Kier molecular flexibility index (Phi) is 3.41. The number of hydrogen-bond acceptors (Lipinski definition) is 4. The Morgan fingerprint density at radius 1 is 1.41 bits per heavy atom. The van der Waals surface area contributed by atoms with Crippen molar-refractivity contribution in [2.75, 3.05) is 13.1 Å². The van der Waals surface area contributed by atoms with Crippen molar-refractivity contribution in [2.24, 2.45) is 11.3 Å². The molecule has 1 saturated carbocycles. The van der Waals surface area contributed by atoms with E-state index < -0.39 is 7.05 Å². The average molecular weight is 237 g/mol. The number of piperidine rings is 1. The average Bonchev–Trinajstić information content (AvgIpc) is 2.58. The second-order valence-electron chi connectivity index (χ2n) is 5.51. The van der Waals surface area contributed by atoms with E-state index in [1.807, 2.05) is 4.81 Å². The maximum Gasteiger partial charge on any atom is 0.376 e. The molecule has 0 aromatic rings. The summed E-state index contributed by atoms with van der Waals surface area (Å²) in [7, 11) is -0.438. The molecule has 17 heavy (non-hydrogen) atoms. The summed E-state index contributed by atoms with van der Waals surface area (Å²) in [5.74, 6) is -0.173. The largest absolute Gasteiger partial charge is 0.437 e. The molecule has 2 fully saturated rings. The summed E-state index contributed by atoms with van der Waals surface area (Å²) >= 11 is 0. The molecule has 2 aliphatic rings. The molecule has 2 rings (SSSR count). The SMILES string of the molecule is CB(O)N1CCC2(CCC(C(C)=O)C2=O)CC1. The first kappa shape index (κ1) is 12.8. The summed E-state index contributed by atoms with van der Waals surface area (Å²) in [5, 5.41) is 9.50. The Hall–Kier alpha value is -0.675. The van der Waals surface area contributed by atoms with Crippen LogP contribution in [0.2, 0.25) is 6.82 Å². The Balaban J connectivity index is 2.04. The molecule has 1 saturated heterocycles. The number of hydrogen-bond donors (Lipinski definition) is 1. The summed E-state index contributed by atoms with van der Waals surface area (Å²) in [4.78, 5) is 25.7. The molecular formula is C12H20BNO3. The zero-order chi connectivity index (χ0) is 12.6. The Morgan fingerprint density at radius 2 is 2.00 bits per heavy atom. The van der Waals surface area contributed by atoms with E-state index in [2.05, 4.69) is 0 Å². The van der Waals surface area contributed by atoms with Gasteiger partial charge < -0.3 is 9.83 Å². The lowest BCUT2D eigenvalue weighted by atomic mass is 9.71. The highest BCUT2D eigenvalue weighted by atomic mass is 16.2. The molecule has 0 radical (unpaired) electrons. The smallest absolute Gasteiger partial charge is 0.376 e. The first-order chi connectivity index (χ1) is 7.96. The van der Waals surface area contributed by atoms with Crippen LogP contribution in [0.25, 0.3) is 0 Å². The lowest BCUT2D eigenvalue weighted by Crippen LogP contribution is -2.48. The van der Waals surface area contributed by atoms with Crippen LogP contribution in [0.3, 0.4) is 0 Å². The van der Waals surface area contributed by atoms with E-state index >= 15 is 0 Å². The van der Waals surface area contributed by atoms with E-state index in [1.54, 1.807) is 6.82 Å². The van der Waals surface area contributed by atoms with E-state index in [4.69, 9.17) is 0 Å². The van der Waals surface area contributed by atoms with Crippen molar-refractivity contribution >= 4 is 18.6 Å². The second kappa shape index (κ2) is 4.54. The molecule has 0 amide bonds. The molecule has 5 heteroatoms. The van der Waals surface area contributed by atoms with Gasteiger partial charge in [0.05, 0.1) is 5.92 Å². The van der Waals surface area contributed by atoms with Crippen molar-refractivity contribution in [3.8, 4) is 0 Å². The standard InChI is InChI=1S/C12H20BNO3/c1-9(15)10-3-4-12(11(10)16)5-7-14(8-6-12)13(2)17/h10,17H,3-8H2,1-2H3. The molecule has 94 valence electrons. The number of carbonyl (C=O) groups is 2. The molecule has 1 unspecified atom stereocenters. The highest BCUT2D eigenvalue weighted by molar-refractivity contribution is 6.45. The normalized spacial score (nSPS) is 28.6. The van der Waals surface area contributed by atoms with E-state index in [0.29, 0.717) is 0 Å². The van der Waals surface area contributed by atoms with Crippen LogP contribution < -0.4 is 0 Å². The second-order valence-corrected chi connectivity index (χ2v) is 5.51. The van der Waals surface area contributed by atoms with Crippen LogP contribution >= 0.6 is 0 Å². The minimum absolute atomic E-state index is 0.0184. The van der Waals surface area contributed by atoms with Gasteiger partial charge in [-0.15, -0.1) is 0 Å². The van der Waals surface area contributed by atoms with Crippen LogP contribution in [0.15, 0.2) is 0 Å². The fourth-order valence-corrected chi connectivity index (χ4v) is 3.25. The molecule has 1 aliphatic heterocycles. The molecule has 1 spiro atoms. The first-order valence-corrected chi connectivity index (χ1v) is 6.43. The molecule has 1 atom stereocenters. The minimum atomic E-state index is -0.438. The van der Waals surface area contributed by atoms with E-state index in [1.165, 1.54) is 6.92 Å². The summed E-state index contributed by atoms with van der Waals surface area (Å²) in [6.45, 7) is 4.79. The monoisotopic (exact) mass is 237 g/mol. The quantitative estimate of drug-likeness (QED) is 0.568. The molecule has 0 bridgehead atoms. The highest BCUT2D eigenvalue weighted by Crippen LogP contribution is 2.46. The van der Waals surface area contributed by atoms with Gasteiger partial charge >= 0.3 is 7.05 Å². The molecular weight excluding hydrogens is 217 g/mol. The summed E-state index contributed by atoms with van der Waals surface area (Å²) in [5.41, 5.74) is -0.262. The molecule has 0 aromatic carbocycles. The lowest BCUT2D eigenvalue weighted by molar-refractivity contribution is -0.135. The number of ketones is 2. The predicted octanol–water partition coefficient (Wildman–Crippen LogP) is 0.747. The van der Waals surface area contributed by atoms with Gasteiger partial charge in [-0.1, -0.05) is 0 Å². The van der Waals surface area contributed by atoms with Crippen LogP contribution in [-0.2, 0) is 9.59 Å². The van der Waals surface area contributed by atoms with E-state index in [0.717, 1.165) is 38.8 Å². The van der Waals surface area contributed by atoms with Gasteiger partial charge in [-0.3, -0.25) is 9.59 Å². The van der Waals surface area contributed by atoms with Gasteiger partial charge in [0.2, 0.25) is 0 Å². The molecule has 0 aromatic heterocycles. The Labute approximate surface area is 102 Å². The maximum atomic E-state index is 12.3. The topological polar surface area (TPSA) is 57.6 Å². The van der Waals surface area contributed by atoms with Crippen molar-refractivity contribution in [1.29, 1.82) is 0 Å². The van der Waals surface area contributed by atoms with Crippen LogP contribution in [0.1, 0.15) is 32.6 Å². The third-order valence-electron chi connectivity index (χ3n) is 4.53. The number of rotatable bonds is 2. The van der Waals surface area contributed by atoms with Crippen LogP contribution in [-0.4, -0.2) is 41.5 Å². The minimum Gasteiger partial charge on any atom is -0.437 e. The van der Waals surface area contributed by atoms with E-state index in [9.17, 15) is 14.6 Å². The highest BCUT2D eigenvalue weighted by Gasteiger charge is 2.50. The van der Waals surface area contributed by atoms with Crippen LogP contribution in [0, 0.1) is 11.3 Å². The third-order valence-corrected chi connectivity index (χ3v) is 4.53. The van der Waals surface area contributed by atoms with Gasteiger partial charge in [-0.2, -0.15) is 0 Å². The van der Waals surface area contributed by atoms with Crippen LogP contribution in [0.4, 0.5) is 0 Å². The molecule has 1 aliphatic carbocycles. The Morgan fingerprint density at radius 3 is 2.41 bits per heavy atom. The maximum absolute atomic E-state index is 12.3. The number of nitrogens with zero attached hydrogens (tertiary/aromatic N) is 1. The molecule has 1 heterocycles. The Bertz CT molecular complexity index is 335. The fourth-order valence-electron chi connectivity index (χ4n) is 3.25. The van der Waals surface area contributed by atoms with Crippen molar-refractivity contribution < 1.29 is 14.6 Å².